The summed E-state index contributed by atoms with van der Waals surface area (Å²) in [4.78, 5) is 3.76. The van der Waals surface area contributed by atoms with Crippen molar-refractivity contribution in [2.75, 3.05) is 6.54 Å². The third-order valence-electron chi connectivity index (χ3n) is 3.89. The molecule has 1 unspecified atom stereocenters. The number of hydrogen-bond donors (Lipinski definition) is 1. The second kappa shape index (κ2) is 6.57. The van der Waals surface area contributed by atoms with Crippen LogP contribution in [0.4, 0.5) is 4.39 Å². The molecule has 21 heavy (non-hydrogen) atoms. The average Bonchev–Trinajstić information content (AvgIpc) is 3.20. The van der Waals surface area contributed by atoms with Crippen molar-refractivity contribution in [2.45, 2.75) is 31.5 Å². The first kappa shape index (κ1) is 15.2. The predicted octanol–water partition coefficient (Wildman–Crippen LogP) is 4.31. The molecule has 1 aliphatic carbocycles. The van der Waals surface area contributed by atoms with Crippen LogP contribution in [-0.2, 0) is 6.54 Å². The summed E-state index contributed by atoms with van der Waals surface area (Å²) in [5, 5.41) is 2.09. The van der Waals surface area contributed by atoms with Crippen LogP contribution in [0.5, 0.6) is 0 Å². The number of rotatable bonds is 6. The quantitative estimate of drug-likeness (QED) is 0.822. The lowest BCUT2D eigenvalue weighted by molar-refractivity contribution is 0.183. The minimum atomic E-state index is -0.224. The number of halogens is 2. The van der Waals surface area contributed by atoms with Gasteiger partial charge in [-0.3, -0.25) is 4.90 Å². The van der Waals surface area contributed by atoms with Gasteiger partial charge < -0.3 is 5.73 Å². The highest BCUT2D eigenvalue weighted by Crippen LogP contribution is 2.36. The molecule has 3 rings (SSSR count). The predicted molar refractivity (Wildman–Crippen MR) is 88.8 cm³/mol. The van der Waals surface area contributed by atoms with Gasteiger partial charge in [-0.25, -0.2) is 4.39 Å². The first-order chi connectivity index (χ1) is 10.2. The molecule has 1 heterocycles. The van der Waals surface area contributed by atoms with Crippen molar-refractivity contribution >= 4 is 27.3 Å². The molecule has 2 N–H and O–H groups in total. The van der Waals surface area contributed by atoms with Gasteiger partial charge in [-0.15, -0.1) is 11.3 Å². The normalized spacial score (nSPS) is 16.4. The number of hydrogen-bond acceptors (Lipinski definition) is 3. The van der Waals surface area contributed by atoms with Crippen LogP contribution in [0.1, 0.15) is 29.3 Å². The van der Waals surface area contributed by atoms with Crippen LogP contribution in [0, 0.1) is 5.82 Å². The smallest absolute Gasteiger partial charge is 0.137 e. The van der Waals surface area contributed by atoms with Crippen molar-refractivity contribution < 1.29 is 4.39 Å². The van der Waals surface area contributed by atoms with Crippen LogP contribution in [0.25, 0.3) is 0 Å². The second-order valence-corrected chi connectivity index (χ2v) is 7.29. The summed E-state index contributed by atoms with van der Waals surface area (Å²) < 4.78 is 14.3. The van der Waals surface area contributed by atoms with Gasteiger partial charge in [-0.2, -0.15) is 0 Å². The molecule has 1 atom stereocenters. The SMILES string of the molecule is NCC(c1ccc(Br)c(F)c1)N(Cc1cccs1)C1CC1. The van der Waals surface area contributed by atoms with E-state index in [9.17, 15) is 4.39 Å². The summed E-state index contributed by atoms with van der Waals surface area (Å²) in [6.45, 7) is 1.39. The highest BCUT2D eigenvalue weighted by molar-refractivity contribution is 9.10. The van der Waals surface area contributed by atoms with Crippen LogP contribution in [0.3, 0.4) is 0 Å². The summed E-state index contributed by atoms with van der Waals surface area (Å²) in [5.41, 5.74) is 6.98. The van der Waals surface area contributed by atoms with E-state index in [2.05, 4.69) is 38.3 Å². The fourth-order valence-electron chi connectivity index (χ4n) is 2.67. The molecule has 2 aromatic rings. The summed E-state index contributed by atoms with van der Waals surface area (Å²) >= 11 is 4.97. The molecule has 1 aromatic carbocycles. The summed E-state index contributed by atoms with van der Waals surface area (Å²) in [6, 6.07) is 10.2. The molecule has 0 amide bonds. The Balaban J connectivity index is 1.86. The number of benzene rings is 1. The van der Waals surface area contributed by atoms with Crippen molar-refractivity contribution in [2.24, 2.45) is 5.73 Å². The van der Waals surface area contributed by atoms with E-state index < -0.39 is 0 Å². The molecule has 1 aromatic heterocycles. The van der Waals surface area contributed by atoms with Crippen LogP contribution in [0.15, 0.2) is 40.2 Å². The Morgan fingerprint density at radius 3 is 2.76 bits per heavy atom. The van der Waals surface area contributed by atoms with Crippen LogP contribution < -0.4 is 5.73 Å². The molecule has 112 valence electrons. The van der Waals surface area contributed by atoms with Crippen molar-refractivity contribution in [3.63, 3.8) is 0 Å². The summed E-state index contributed by atoms with van der Waals surface area (Å²) in [5.74, 6) is -0.224. The van der Waals surface area contributed by atoms with E-state index in [1.807, 2.05) is 6.07 Å². The Labute approximate surface area is 136 Å². The van der Waals surface area contributed by atoms with Gasteiger partial charge in [0.25, 0.3) is 0 Å². The number of thiophene rings is 1. The van der Waals surface area contributed by atoms with Crippen molar-refractivity contribution in [1.82, 2.24) is 4.90 Å². The first-order valence-electron chi connectivity index (χ1n) is 7.12. The molecule has 2 nitrogen and oxygen atoms in total. The summed E-state index contributed by atoms with van der Waals surface area (Å²) in [7, 11) is 0. The molecule has 1 saturated carbocycles. The lowest BCUT2D eigenvalue weighted by Crippen LogP contribution is -2.35. The minimum absolute atomic E-state index is 0.0715. The van der Waals surface area contributed by atoms with E-state index in [1.165, 1.54) is 17.7 Å². The van der Waals surface area contributed by atoms with Gasteiger partial charge in [-0.05, 0) is 57.9 Å². The van der Waals surface area contributed by atoms with Gasteiger partial charge in [0.05, 0.1) is 4.47 Å². The Bertz CT molecular complexity index is 598. The van der Waals surface area contributed by atoms with Crippen molar-refractivity contribution in [1.29, 1.82) is 0 Å². The molecule has 0 radical (unpaired) electrons. The molecule has 1 fully saturated rings. The average molecular weight is 369 g/mol. The Morgan fingerprint density at radius 2 is 2.19 bits per heavy atom. The maximum Gasteiger partial charge on any atom is 0.137 e. The first-order valence-corrected chi connectivity index (χ1v) is 8.79. The fraction of sp³-hybridized carbons (Fsp3) is 0.375. The Kier molecular flexibility index (Phi) is 4.74. The van der Waals surface area contributed by atoms with Crippen LogP contribution >= 0.6 is 27.3 Å². The van der Waals surface area contributed by atoms with E-state index in [0.717, 1.165) is 12.1 Å². The minimum Gasteiger partial charge on any atom is -0.329 e. The topological polar surface area (TPSA) is 29.3 Å². The van der Waals surface area contributed by atoms with Crippen molar-refractivity contribution in [3.05, 3.63) is 56.4 Å². The molecule has 0 bridgehead atoms. The van der Waals surface area contributed by atoms with Gasteiger partial charge in [0.2, 0.25) is 0 Å². The molecule has 0 spiro atoms. The highest BCUT2D eigenvalue weighted by Gasteiger charge is 2.34. The number of nitrogens with two attached hydrogens (primary N) is 1. The van der Waals surface area contributed by atoms with Gasteiger partial charge in [0.1, 0.15) is 5.82 Å². The zero-order valence-corrected chi connectivity index (χ0v) is 14.0. The van der Waals surface area contributed by atoms with E-state index in [-0.39, 0.29) is 11.9 Å². The van der Waals surface area contributed by atoms with Gasteiger partial charge in [0, 0.05) is 30.1 Å². The Morgan fingerprint density at radius 1 is 1.38 bits per heavy atom. The molecular weight excluding hydrogens is 351 g/mol. The van der Waals surface area contributed by atoms with Gasteiger partial charge >= 0.3 is 0 Å². The largest absolute Gasteiger partial charge is 0.329 e. The zero-order valence-electron chi connectivity index (χ0n) is 11.6. The van der Waals surface area contributed by atoms with Crippen LogP contribution in [-0.4, -0.2) is 17.5 Å². The zero-order chi connectivity index (χ0) is 14.8. The molecular formula is C16H18BrFN2S. The fourth-order valence-corrected chi connectivity index (χ4v) is 3.62. The standard InChI is InChI=1S/C16H18BrFN2S/c17-14-6-3-11(8-15(14)18)16(9-19)20(12-4-5-12)10-13-2-1-7-21-13/h1-3,6-8,12,16H,4-5,9-10,19H2. The molecule has 1 aliphatic rings. The molecule has 5 heteroatoms. The monoisotopic (exact) mass is 368 g/mol. The van der Waals surface area contributed by atoms with Gasteiger partial charge in [-0.1, -0.05) is 12.1 Å². The number of nitrogens with zero attached hydrogens (tertiary/aromatic N) is 1. The Hall–Kier alpha value is -0.750. The van der Waals surface area contributed by atoms with Gasteiger partial charge in [0.15, 0.2) is 0 Å². The third-order valence-corrected chi connectivity index (χ3v) is 5.39. The lowest BCUT2D eigenvalue weighted by Gasteiger charge is -2.31. The third kappa shape index (κ3) is 3.54. The van der Waals surface area contributed by atoms with E-state index >= 15 is 0 Å². The highest BCUT2D eigenvalue weighted by atomic mass is 79.9. The van der Waals surface area contributed by atoms with E-state index in [1.54, 1.807) is 23.5 Å². The van der Waals surface area contributed by atoms with E-state index in [0.29, 0.717) is 17.1 Å². The molecule has 0 saturated heterocycles. The maximum atomic E-state index is 13.8. The van der Waals surface area contributed by atoms with Crippen LogP contribution in [0.2, 0.25) is 0 Å². The maximum absolute atomic E-state index is 13.8. The van der Waals surface area contributed by atoms with Crippen molar-refractivity contribution in [3.8, 4) is 0 Å². The van der Waals surface area contributed by atoms with E-state index in [4.69, 9.17) is 5.73 Å². The molecule has 0 aliphatic heterocycles. The lowest BCUT2D eigenvalue weighted by atomic mass is 10.0. The second-order valence-electron chi connectivity index (χ2n) is 5.41. The summed E-state index contributed by atoms with van der Waals surface area (Å²) in [6.07, 6.45) is 2.42.